The molecule has 0 aliphatic carbocycles. The maximum absolute atomic E-state index is 12.6. The number of benzene rings is 1. The van der Waals surface area contributed by atoms with Gasteiger partial charge >= 0.3 is 6.18 Å². The summed E-state index contributed by atoms with van der Waals surface area (Å²) in [5.41, 5.74) is -0.134. The molecule has 0 atom stereocenters. The van der Waals surface area contributed by atoms with Crippen LogP contribution in [0.2, 0.25) is 0 Å². The molecule has 0 amide bonds. The zero-order valence-electron chi connectivity index (χ0n) is 13.7. The molecule has 0 saturated carbocycles. The number of hydrogen-bond acceptors (Lipinski definition) is 3. The molecule has 0 saturated heterocycles. The van der Waals surface area contributed by atoms with E-state index in [1.165, 1.54) is 6.07 Å². The lowest BCUT2D eigenvalue weighted by Crippen LogP contribution is -2.38. The fourth-order valence-electron chi connectivity index (χ4n) is 1.75. The number of alkyl halides is 3. The van der Waals surface area contributed by atoms with E-state index in [0.717, 1.165) is 12.1 Å². The van der Waals surface area contributed by atoms with Crippen molar-refractivity contribution < 1.29 is 22.6 Å². The molecule has 0 fully saturated rings. The van der Waals surface area contributed by atoms with Crippen LogP contribution in [0.5, 0.6) is 0 Å². The van der Waals surface area contributed by atoms with Crippen molar-refractivity contribution in [2.75, 3.05) is 40.5 Å². The lowest BCUT2D eigenvalue weighted by Gasteiger charge is -2.13. The Kier molecular flexibility index (Phi) is 11.8. The van der Waals surface area contributed by atoms with Gasteiger partial charge in [0.15, 0.2) is 5.96 Å². The highest BCUT2D eigenvalue weighted by molar-refractivity contribution is 14.0. The molecule has 1 rings (SSSR count). The molecule has 0 spiro atoms. The molecule has 9 heteroatoms. The lowest BCUT2D eigenvalue weighted by atomic mass is 10.1. The maximum Gasteiger partial charge on any atom is 0.416 e. The molecule has 0 bridgehead atoms. The number of aliphatic imine (C=N–C) groups is 1. The van der Waals surface area contributed by atoms with E-state index < -0.39 is 11.7 Å². The molecule has 0 unspecified atom stereocenters. The van der Waals surface area contributed by atoms with Gasteiger partial charge in [0.1, 0.15) is 0 Å². The standard InChI is InChI=1S/C15H22F3N3O2.HI/c1-19-14(20-6-7-23-9-8-22-2)21-11-12-4-3-5-13(10-12)15(16,17)18;/h3-5,10H,6-9,11H2,1-2H3,(H2,19,20,21);1H. The van der Waals surface area contributed by atoms with E-state index in [1.807, 2.05) is 0 Å². The van der Waals surface area contributed by atoms with Crippen LogP contribution in [0, 0.1) is 0 Å². The third-order valence-electron chi connectivity index (χ3n) is 2.91. The highest BCUT2D eigenvalue weighted by Crippen LogP contribution is 2.29. The average Bonchev–Trinajstić information content (AvgIpc) is 2.53. The Morgan fingerprint density at radius 2 is 1.92 bits per heavy atom. The highest BCUT2D eigenvalue weighted by atomic mass is 127. The molecule has 0 aliphatic rings. The molecule has 1 aromatic rings. The topological polar surface area (TPSA) is 54.9 Å². The minimum atomic E-state index is -4.34. The molecule has 138 valence electrons. The summed E-state index contributed by atoms with van der Waals surface area (Å²) in [4.78, 5) is 4.00. The van der Waals surface area contributed by atoms with E-state index in [4.69, 9.17) is 9.47 Å². The quantitative estimate of drug-likeness (QED) is 0.271. The van der Waals surface area contributed by atoms with Crippen LogP contribution in [0.25, 0.3) is 0 Å². The Bertz CT molecular complexity index is 499. The Morgan fingerprint density at radius 1 is 1.17 bits per heavy atom. The fraction of sp³-hybridized carbons (Fsp3) is 0.533. The molecule has 24 heavy (non-hydrogen) atoms. The number of nitrogens with zero attached hydrogens (tertiary/aromatic N) is 1. The van der Waals surface area contributed by atoms with Gasteiger partial charge < -0.3 is 20.1 Å². The summed E-state index contributed by atoms with van der Waals surface area (Å²) in [5.74, 6) is 0.498. The monoisotopic (exact) mass is 461 g/mol. The first-order chi connectivity index (χ1) is 11.0. The molecule has 2 N–H and O–H groups in total. The van der Waals surface area contributed by atoms with Gasteiger partial charge in [0, 0.05) is 27.2 Å². The number of hydrogen-bond donors (Lipinski definition) is 2. The van der Waals surface area contributed by atoms with Crippen LogP contribution in [0.3, 0.4) is 0 Å². The third-order valence-corrected chi connectivity index (χ3v) is 2.91. The van der Waals surface area contributed by atoms with Gasteiger partial charge in [0.2, 0.25) is 0 Å². The minimum Gasteiger partial charge on any atom is -0.382 e. The predicted molar refractivity (Wildman–Crippen MR) is 97.8 cm³/mol. The summed E-state index contributed by atoms with van der Waals surface area (Å²) in [7, 11) is 3.19. The van der Waals surface area contributed by atoms with E-state index in [1.54, 1.807) is 20.2 Å². The molecule has 0 aromatic heterocycles. The molecule has 0 radical (unpaired) electrons. The second kappa shape index (κ2) is 12.3. The van der Waals surface area contributed by atoms with E-state index in [9.17, 15) is 13.2 Å². The Morgan fingerprint density at radius 3 is 2.54 bits per heavy atom. The summed E-state index contributed by atoms with van der Waals surface area (Å²) >= 11 is 0. The minimum absolute atomic E-state index is 0. The van der Waals surface area contributed by atoms with Crippen LogP contribution in [-0.4, -0.2) is 46.5 Å². The predicted octanol–water partition coefficient (Wildman–Crippen LogP) is 2.65. The maximum atomic E-state index is 12.6. The summed E-state index contributed by atoms with van der Waals surface area (Å²) in [6.07, 6.45) is -4.34. The SMILES string of the molecule is CN=C(NCCOCCOC)NCc1cccc(C(F)(F)F)c1.I. The third kappa shape index (κ3) is 9.28. The van der Waals surface area contributed by atoms with Gasteiger partial charge in [-0.15, -0.1) is 24.0 Å². The van der Waals surface area contributed by atoms with Gasteiger partial charge in [0.25, 0.3) is 0 Å². The van der Waals surface area contributed by atoms with Gasteiger partial charge in [-0.05, 0) is 17.7 Å². The molecule has 0 heterocycles. The second-order valence-corrected chi connectivity index (χ2v) is 4.66. The molecular formula is C15H23F3IN3O2. The summed E-state index contributed by atoms with van der Waals surface area (Å²) in [5, 5.41) is 5.97. The number of halogens is 4. The first kappa shape index (κ1) is 22.9. The van der Waals surface area contributed by atoms with Crippen molar-refractivity contribution in [3.05, 3.63) is 35.4 Å². The lowest BCUT2D eigenvalue weighted by molar-refractivity contribution is -0.137. The summed E-state index contributed by atoms with van der Waals surface area (Å²) in [6, 6.07) is 5.19. The number of methoxy groups -OCH3 is 1. The number of ether oxygens (including phenoxy) is 2. The van der Waals surface area contributed by atoms with Gasteiger partial charge in [-0.3, -0.25) is 4.99 Å². The van der Waals surface area contributed by atoms with Crippen molar-refractivity contribution in [1.29, 1.82) is 0 Å². The van der Waals surface area contributed by atoms with Crippen molar-refractivity contribution in [3.8, 4) is 0 Å². The summed E-state index contributed by atoms with van der Waals surface area (Å²) < 4.78 is 48.1. The van der Waals surface area contributed by atoms with E-state index in [-0.39, 0.29) is 30.5 Å². The number of rotatable bonds is 8. The van der Waals surface area contributed by atoms with Crippen molar-refractivity contribution in [2.24, 2.45) is 4.99 Å². The van der Waals surface area contributed by atoms with Crippen LogP contribution in [0.15, 0.2) is 29.3 Å². The first-order valence-corrected chi connectivity index (χ1v) is 7.14. The zero-order valence-corrected chi connectivity index (χ0v) is 16.0. The normalized spacial score (nSPS) is 11.8. The van der Waals surface area contributed by atoms with E-state index >= 15 is 0 Å². The van der Waals surface area contributed by atoms with Crippen LogP contribution in [-0.2, 0) is 22.2 Å². The van der Waals surface area contributed by atoms with Crippen LogP contribution in [0.1, 0.15) is 11.1 Å². The highest BCUT2D eigenvalue weighted by Gasteiger charge is 2.30. The summed E-state index contributed by atoms with van der Waals surface area (Å²) in [6.45, 7) is 2.30. The van der Waals surface area contributed by atoms with Crippen molar-refractivity contribution >= 4 is 29.9 Å². The Labute approximate surface area is 157 Å². The molecular weight excluding hydrogens is 438 g/mol. The van der Waals surface area contributed by atoms with Crippen LogP contribution in [0.4, 0.5) is 13.2 Å². The molecule has 0 aliphatic heterocycles. The zero-order chi connectivity index (χ0) is 17.1. The molecule has 1 aromatic carbocycles. The second-order valence-electron chi connectivity index (χ2n) is 4.66. The number of guanidine groups is 1. The average molecular weight is 461 g/mol. The van der Waals surface area contributed by atoms with Crippen LogP contribution < -0.4 is 10.6 Å². The Balaban J connectivity index is 0.00000529. The fourth-order valence-corrected chi connectivity index (χ4v) is 1.75. The first-order valence-electron chi connectivity index (χ1n) is 7.14. The largest absolute Gasteiger partial charge is 0.416 e. The van der Waals surface area contributed by atoms with Gasteiger partial charge in [-0.1, -0.05) is 12.1 Å². The van der Waals surface area contributed by atoms with E-state index in [2.05, 4.69) is 15.6 Å². The molecule has 5 nitrogen and oxygen atoms in total. The van der Waals surface area contributed by atoms with Gasteiger partial charge in [0.05, 0.1) is 25.4 Å². The van der Waals surface area contributed by atoms with Crippen molar-refractivity contribution in [1.82, 2.24) is 10.6 Å². The van der Waals surface area contributed by atoms with E-state index in [0.29, 0.717) is 37.9 Å². The van der Waals surface area contributed by atoms with Crippen molar-refractivity contribution in [2.45, 2.75) is 12.7 Å². The smallest absolute Gasteiger partial charge is 0.382 e. The van der Waals surface area contributed by atoms with Crippen molar-refractivity contribution in [3.63, 3.8) is 0 Å². The van der Waals surface area contributed by atoms with Gasteiger partial charge in [-0.2, -0.15) is 13.2 Å². The van der Waals surface area contributed by atoms with Gasteiger partial charge in [-0.25, -0.2) is 0 Å². The van der Waals surface area contributed by atoms with Crippen LogP contribution >= 0.6 is 24.0 Å². The Hall–Kier alpha value is -1.07. The number of nitrogens with one attached hydrogen (secondary N) is 2.